The summed E-state index contributed by atoms with van der Waals surface area (Å²) in [6.45, 7) is 4.84. The van der Waals surface area contributed by atoms with E-state index >= 15 is 0 Å². The van der Waals surface area contributed by atoms with Gasteiger partial charge in [-0.3, -0.25) is 0 Å². The zero-order valence-electron chi connectivity index (χ0n) is 11.1. The molecule has 0 fully saturated rings. The van der Waals surface area contributed by atoms with Crippen LogP contribution in [0, 0.1) is 0 Å². The standard InChI is InChI=1S/C13H17N3O2S/c1-3-5-11-12(13(17)18-4-2)14-15-16(11)8-10-6-7-19-9-10/h6-7,9H,3-5,8H2,1-2H3. The molecule has 6 heteroatoms. The zero-order chi connectivity index (χ0) is 13.7. The first-order valence-corrected chi connectivity index (χ1v) is 7.31. The van der Waals surface area contributed by atoms with Gasteiger partial charge in [-0.15, -0.1) is 5.10 Å². The Hall–Kier alpha value is -1.69. The second kappa shape index (κ2) is 6.47. The molecule has 0 aliphatic carbocycles. The summed E-state index contributed by atoms with van der Waals surface area (Å²) in [7, 11) is 0. The summed E-state index contributed by atoms with van der Waals surface area (Å²) in [6, 6.07) is 2.05. The second-order valence-corrected chi connectivity index (χ2v) is 4.92. The maximum Gasteiger partial charge on any atom is 0.360 e. The van der Waals surface area contributed by atoms with Crippen molar-refractivity contribution in [1.82, 2.24) is 15.0 Å². The van der Waals surface area contributed by atoms with E-state index in [0.29, 0.717) is 18.8 Å². The van der Waals surface area contributed by atoms with Gasteiger partial charge in [0.05, 0.1) is 18.8 Å². The largest absolute Gasteiger partial charge is 0.461 e. The maximum absolute atomic E-state index is 11.8. The molecule has 5 nitrogen and oxygen atoms in total. The van der Waals surface area contributed by atoms with Crippen LogP contribution in [-0.4, -0.2) is 27.6 Å². The molecule has 19 heavy (non-hydrogen) atoms. The van der Waals surface area contributed by atoms with E-state index in [0.717, 1.165) is 18.5 Å². The van der Waals surface area contributed by atoms with Crippen molar-refractivity contribution in [1.29, 1.82) is 0 Å². The van der Waals surface area contributed by atoms with Gasteiger partial charge < -0.3 is 4.74 Å². The number of carbonyl (C=O) groups excluding carboxylic acids is 1. The quantitative estimate of drug-likeness (QED) is 0.762. The SMILES string of the molecule is CCCc1c(C(=O)OCC)nnn1Cc1ccsc1. The van der Waals surface area contributed by atoms with Gasteiger partial charge in [0.1, 0.15) is 0 Å². The maximum atomic E-state index is 11.8. The van der Waals surface area contributed by atoms with Gasteiger partial charge in [-0.05, 0) is 35.7 Å². The average molecular weight is 279 g/mol. The lowest BCUT2D eigenvalue weighted by molar-refractivity contribution is 0.0518. The van der Waals surface area contributed by atoms with Crippen LogP contribution in [0.3, 0.4) is 0 Å². The Kier molecular flexibility index (Phi) is 4.68. The van der Waals surface area contributed by atoms with Crippen LogP contribution < -0.4 is 0 Å². The molecule has 0 unspecified atom stereocenters. The second-order valence-electron chi connectivity index (χ2n) is 4.14. The zero-order valence-corrected chi connectivity index (χ0v) is 11.9. The van der Waals surface area contributed by atoms with E-state index < -0.39 is 0 Å². The van der Waals surface area contributed by atoms with E-state index in [9.17, 15) is 4.79 Å². The van der Waals surface area contributed by atoms with Gasteiger partial charge in [0.25, 0.3) is 0 Å². The van der Waals surface area contributed by atoms with E-state index in [1.165, 1.54) is 5.56 Å². The van der Waals surface area contributed by atoms with Crippen molar-refractivity contribution in [3.05, 3.63) is 33.8 Å². The van der Waals surface area contributed by atoms with E-state index in [4.69, 9.17) is 4.74 Å². The summed E-state index contributed by atoms with van der Waals surface area (Å²) in [5.74, 6) is -0.387. The molecular weight excluding hydrogens is 262 g/mol. The topological polar surface area (TPSA) is 57.0 Å². The van der Waals surface area contributed by atoms with Crippen LogP contribution in [-0.2, 0) is 17.7 Å². The van der Waals surface area contributed by atoms with Crippen LogP contribution in [0.5, 0.6) is 0 Å². The monoisotopic (exact) mass is 279 g/mol. The van der Waals surface area contributed by atoms with Crippen LogP contribution >= 0.6 is 11.3 Å². The number of aromatic nitrogens is 3. The fourth-order valence-corrected chi connectivity index (χ4v) is 2.52. The number of rotatable bonds is 6. The third-order valence-electron chi connectivity index (χ3n) is 2.71. The van der Waals surface area contributed by atoms with Gasteiger partial charge in [0, 0.05) is 0 Å². The minimum absolute atomic E-state index is 0.346. The summed E-state index contributed by atoms with van der Waals surface area (Å²) in [5, 5.41) is 12.2. The molecule has 0 atom stereocenters. The number of carbonyl (C=O) groups is 1. The third kappa shape index (κ3) is 3.20. The number of esters is 1. The number of hydrogen-bond donors (Lipinski definition) is 0. The average Bonchev–Trinajstić information content (AvgIpc) is 3.02. The number of nitrogens with zero attached hydrogens (tertiary/aromatic N) is 3. The van der Waals surface area contributed by atoms with Gasteiger partial charge in [0.15, 0.2) is 5.69 Å². The molecule has 0 aromatic carbocycles. The van der Waals surface area contributed by atoms with Crippen molar-refractivity contribution < 1.29 is 9.53 Å². The Morgan fingerprint density at radius 3 is 2.95 bits per heavy atom. The molecule has 0 N–H and O–H groups in total. The third-order valence-corrected chi connectivity index (χ3v) is 3.44. The molecule has 0 radical (unpaired) electrons. The predicted octanol–water partition coefficient (Wildman–Crippen LogP) is 2.52. The number of thiophene rings is 1. The molecule has 102 valence electrons. The Morgan fingerprint density at radius 2 is 2.32 bits per heavy atom. The van der Waals surface area contributed by atoms with Gasteiger partial charge in [0.2, 0.25) is 0 Å². The lowest BCUT2D eigenvalue weighted by atomic mass is 10.2. The van der Waals surface area contributed by atoms with Crippen LogP contribution in [0.2, 0.25) is 0 Å². The Bertz CT molecular complexity index is 534. The highest BCUT2D eigenvalue weighted by Crippen LogP contribution is 2.14. The molecule has 0 amide bonds. The van der Waals surface area contributed by atoms with Crippen molar-refractivity contribution in [3.63, 3.8) is 0 Å². The minimum Gasteiger partial charge on any atom is -0.461 e. The molecule has 0 aliphatic heterocycles. The molecule has 2 rings (SSSR count). The van der Waals surface area contributed by atoms with Crippen molar-refractivity contribution in [3.8, 4) is 0 Å². The lowest BCUT2D eigenvalue weighted by Crippen LogP contribution is -2.11. The molecule has 0 spiro atoms. The lowest BCUT2D eigenvalue weighted by Gasteiger charge is -2.05. The summed E-state index contributed by atoms with van der Waals surface area (Å²) in [6.07, 6.45) is 1.70. The summed E-state index contributed by atoms with van der Waals surface area (Å²) < 4.78 is 6.80. The molecule has 2 aromatic rings. The highest BCUT2D eigenvalue weighted by molar-refractivity contribution is 7.07. The van der Waals surface area contributed by atoms with Crippen molar-refractivity contribution in [2.24, 2.45) is 0 Å². The molecule has 0 saturated heterocycles. The fourth-order valence-electron chi connectivity index (χ4n) is 1.86. The Morgan fingerprint density at radius 1 is 1.47 bits per heavy atom. The number of hydrogen-bond acceptors (Lipinski definition) is 5. The van der Waals surface area contributed by atoms with Crippen LogP contribution in [0.1, 0.15) is 42.0 Å². The first-order valence-electron chi connectivity index (χ1n) is 6.36. The van der Waals surface area contributed by atoms with Gasteiger partial charge in [-0.1, -0.05) is 18.6 Å². The van der Waals surface area contributed by atoms with E-state index in [1.807, 2.05) is 11.4 Å². The first kappa shape index (κ1) is 13.7. The highest BCUT2D eigenvalue weighted by atomic mass is 32.1. The smallest absolute Gasteiger partial charge is 0.360 e. The Labute approximate surface area is 116 Å². The molecule has 2 heterocycles. The molecule has 2 aromatic heterocycles. The van der Waals surface area contributed by atoms with E-state index in [-0.39, 0.29) is 5.97 Å². The van der Waals surface area contributed by atoms with Crippen molar-refractivity contribution in [2.75, 3.05) is 6.61 Å². The molecular formula is C13H17N3O2S. The Balaban J connectivity index is 2.25. The number of ether oxygens (including phenoxy) is 1. The van der Waals surface area contributed by atoms with Crippen molar-refractivity contribution >= 4 is 17.3 Å². The summed E-state index contributed by atoms with van der Waals surface area (Å²) in [5.41, 5.74) is 2.37. The normalized spacial score (nSPS) is 10.6. The van der Waals surface area contributed by atoms with Gasteiger partial charge in [-0.25, -0.2) is 9.48 Å². The van der Waals surface area contributed by atoms with Crippen LogP contribution in [0.25, 0.3) is 0 Å². The molecule has 0 bridgehead atoms. The van der Waals surface area contributed by atoms with Crippen LogP contribution in [0.4, 0.5) is 0 Å². The predicted molar refractivity (Wildman–Crippen MR) is 73.4 cm³/mol. The van der Waals surface area contributed by atoms with E-state index in [1.54, 1.807) is 22.9 Å². The van der Waals surface area contributed by atoms with Gasteiger partial charge in [-0.2, -0.15) is 11.3 Å². The van der Waals surface area contributed by atoms with E-state index in [2.05, 4.69) is 22.6 Å². The van der Waals surface area contributed by atoms with Crippen LogP contribution in [0.15, 0.2) is 16.8 Å². The fraction of sp³-hybridized carbons (Fsp3) is 0.462. The summed E-state index contributed by atoms with van der Waals surface area (Å²) in [4.78, 5) is 11.8. The molecule has 0 saturated carbocycles. The van der Waals surface area contributed by atoms with Crippen molar-refractivity contribution in [2.45, 2.75) is 33.2 Å². The first-order chi connectivity index (χ1) is 9.26. The van der Waals surface area contributed by atoms with Gasteiger partial charge >= 0.3 is 5.97 Å². The minimum atomic E-state index is -0.387. The summed E-state index contributed by atoms with van der Waals surface area (Å²) >= 11 is 1.65. The molecule has 0 aliphatic rings. The highest BCUT2D eigenvalue weighted by Gasteiger charge is 2.20.